The zero-order valence-electron chi connectivity index (χ0n) is 8.24. The molecule has 0 unspecified atom stereocenters. The molecule has 2 rings (SSSR count). The van der Waals surface area contributed by atoms with Crippen molar-refractivity contribution in [2.24, 2.45) is 0 Å². The molecule has 1 aromatic heterocycles. The molecule has 0 saturated heterocycles. The highest BCUT2D eigenvalue weighted by Crippen LogP contribution is 2.26. The zero-order valence-corrected chi connectivity index (χ0v) is 10.6. The summed E-state index contributed by atoms with van der Waals surface area (Å²) in [7, 11) is 0. The minimum atomic E-state index is 0.744. The fourth-order valence-corrected chi connectivity index (χ4v) is 2.29. The van der Waals surface area contributed by atoms with Crippen LogP contribution >= 0.6 is 27.5 Å². The average Bonchev–Trinajstić information content (AvgIpc) is 2.64. The summed E-state index contributed by atoms with van der Waals surface area (Å²) in [5.74, 6) is 0.935. The molecule has 2 nitrogen and oxygen atoms in total. The van der Waals surface area contributed by atoms with E-state index in [-0.39, 0.29) is 0 Å². The number of benzene rings is 1. The van der Waals surface area contributed by atoms with Crippen LogP contribution in [0.1, 0.15) is 11.4 Å². The maximum Gasteiger partial charge on any atom is 0.110 e. The third-order valence-corrected chi connectivity index (χ3v) is 3.19. The van der Waals surface area contributed by atoms with Crippen LogP contribution in [-0.2, 0) is 5.33 Å². The molecule has 0 saturated carbocycles. The summed E-state index contributed by atoms with van der Waals surface area (Å²) >= 11 is 9.66. The molecule has 2 aromatic rings. The first-order chi connectivity index (χ1) is 7.24. The number of para-hydroxylation sites is 1. The smallest absolute Gasteiger partial charge is 0.110 e. The third kappa shape index (κ3) is 1.94. The number of hydrogen-bond donors (Lipinski definition) is 0. The second-order valence-corrected chi connectivity index (χ2v) is 4.19. The van der Waals surface area contributed by atoms with Crippen molar-refractivity contribution in [3.05, 3.63) is 47.0 Å². The van der Waals surface area contributed by atoms with Gasteiger partial charge < -0.3 is 4.57 Å². The van der Waals surface area contributed by atoms with E-state index >= 15 is 0 Å². The Morgan fingerprint density at radius 3 is 2.87 bits per heavy atom. The molecule has 0 fully saturated rings. The van der Waals surface area contributed by atoms with E-state index in [9.17, 15) is 0 Å². The van der Waals surface area contributed by atoms with Crippen molar-refractivity contribution in [1.82, 2.24) is 9.55 Å². The molecule has 0 radical (unpaired) electrons. The molecule has 0 aliphatic rings. The number of aromatic nitrogens is 2. The van der Waals surface area contributed by atoms with E-state index in [2.05, 4.69) is 27.0 Å². The summed E-state index contributed by atoms with van der Waals surface area (Å²) in [5.41, 5.74) is 2.16. The standard InChI is InChI=1S/C11H10BrClN2/c1-8-14-5-6-15(8)11-9(7-12)3-2-4-10(11)13/h2-6H,7H2,1H3. The van der Waals surface area contributed by atoms with Crippen LogP contribution in [0.15, 0.2) is 30.6 Å². The first-order valence-corrected chi connectivity index (χ1v) is 6.07. The van der Waals surface area contributed by atoms with Gasteiger partial charge in [-0.2, -0.15) is 0 Å². The van der Waals surface area contributed by atoms with Gasteiger partial charge in [-0.3, -0.25) is 0 Å². The number of nitrogens with zero attached hydrogens (tertiary/aromatic N) is 2. The maximum absolute atomic E-state index is 6.20. The minimum Gasteiger partial charge on any atom is -0.302 e. The maximum atomic E-state index is 6.20. The van der Waals surface area contributed by atoms with E-state index in [1.807, 2.05) is 29.8 Å². The van der Waals surface area contributed by atoms with Crippen molar-refractivity contribution >= 4 is 27.5 Å². The predicted molar refractivity (Wildman–Crippen MR) is 65.9 cm³/mol. The summed E-state index contributed by atoms with van der Waals surface area (Å²) in [6.07, 6.45) is 3.69. The van der Waals surface area contributed by atoms with Gasteiger partial charge >= 0.3 is 0 Å². The van der Waals surface area contributed by atoms with Crippen molar-refractivity contribution < 1.29 is 0 Å². The Kier molecular flexibility index (Phi) is 3.12. The van der Waals surface area contributed by atoms with E-state index < -0.39 is 0 Å². The molecule has 0 aliphatic heterocycles. The lowest BCUT2D eigenvalue weighted by atomic mass is 10.2. The van der Waals surface area contributed by atoms with Crippen molar-refractivity contribution in [3.8, 4) is 5.69 Å². The van der Waals surface area contributed by atoms with Crippen molar-refractivity contribution in [1.29, 1.82) is 0 Å². The van der Waals surface area contributed by atoms with Gasteiger partial charge in [-0.15, -0.1) is 0 Å². The molecular weight excluding hydrogens is 275 g/mol. The summed E-state index contributed by atoms with van der Waals surface area (Å²) < 4.78 is 2.00. The molecule has 78 valence electrons. The molecular formula is C11H10BrClN2. The van der Waals surface area contributed by atoms with Gasteiger partial charge in [0.2, 0.25) is 0 Å². The average molecular weight is 286 g/mol. The van der Waals surface area contributed by atoms with Gasteiger partial charge in [0.1, 0.15) is 5.82 Å². The van der Waals surface area contributed by atoms with Crippen LogP contribution in [0.4, 0.5) is 0 Å². The van der Waals surface area contributed by atoms with E-state index in [0.29, 0.717) is 0 Å². The zero-order chi connectivity index (χ0) is 10.8. The summed E-state index contributed by atoms with van der Waals surface area (Å²) in [5, 5.41) is 1.52. The monoisotopic (exact) mass is 284 g/mol. The van der Waals surface area contributed by atoms with Gasteiger partial charge in [0.15, 0.2) is 0 Å². The number of rotatable bonds is 2. The molecule has 1 aromatic carbocycles. The highest BCUT2D eigenvalue weighted by atomic mass is 79.9. The number of aryl methyl sites for hydroxylation is 1. The Bertz CT molecular complexity index is 479. The summed E-state index contributed by atoms with van der Waals surface area (Å²) in [4.78, 5) is 4.20. The summed E-state index contributed by atoms with van der Waals surface area (Å²) in [6.45, 7) is 1.96. The molecule has 0 spiro atoms. The van der Waals surface area contributed by atoms with Crippen LogP contribution in [0, 0.1) is 6.92 Å². The molecule has 0 aliphatic carbocycles. The van der Waals surface area contributed by atoms with Gasteiger partial charge in [-0.05, 0) is 18.6 Å². The van der Waals surface area contributed by atoms with E-state index in [1.54, 1.807) is 6.20 Å². The Balaban J connectivity index is 2.66. The van der Waals surface area contributed by atoms with Crippen LogP contribution in [0.5, 0.6) is 0 Å². The molecule has 0 bridgehead atoms. The van der Waals surface area contributed by atoms with E-state index in [1.165, 1.54) is 0 Å². The number of imidazole rings is 1. The highest BCUT2D eigenvalue weighted by molar-refractivity contribution is 9.08. The fraction of sp³-hybridized carbons (Fsp3) is 0.182. The van der Waals surface area contributed by atoms with Gasteiger partial charge in [-0.1, -0.05) is 39.7 Å². The van der Waals surface area contributed by atoms with Gasteiger partial charge in [0.25, 0.3) is 0 Å². The first kappa shape index (κ1) is 10.7. The first-order valence-electron chi connectivity index (χ1n) is 4.57. The molecule has 0 N–H and O–H groups in total. The third-order valence-electron chi connectivity index (χ3n) is 2.28. The fourth-order valence-electron chi connectivity index (χ4n) is 1.55. The van der Waals surface area contributed by atoms with Crippen LogP contribution < -0.4 is 0 Å². The lowest BCUT2D eigenvalue weighted by Crippen LogP contribution is -2.00. The Morgan fingerprint density at radius 1 is 1.47 bits per heavy atom. The van der Waals surface area contributed by atoms with Gasteiger partial charge in [-0.25, -0.2) is 4.98 Å². The van der Waals surface area contributed by atoms with Crippen LogP contribution in [0.2, 0.25) is 5.02 Å². The van der Waals surface area contributed by atoms with Crippen molar-refractivity contribution in [2.75, 3.05) is 0 Å². The quantitative estimate of drug-likeness (QED) is 0.769. The Morgan fingerprint density at radius 2 is 2.27 bits per heavy atom. The van der Waals surface area contributed by atoms with Crippen LogP contribution in [-0.4, -0.2) is 9.55 Å². The largest absolute Gasteiger partial charge is 0.302 e. The molecule has 0 atom stereocenters. The van der Waals surface area contributed by atoms with Gasteiger partial charge in [0, 0.05) is 17.7 Å². The van der Waals surface area contributed by atoms with Crippen molar-refractivity contribution in [2.45, 2.75) is 12.3 Å². The number of halogens is 2. The highest BCUT2D eigenvalue weighted by Gasteiger charge is 2.09. The lowest BCUT2D eigenvalue weighted by Gasteiger charge is -2.11. The molecule has 15 heavy (non-hydrogen) atoms. The minimum absolute atomic E-state index is 0.744. The topological polar surface area (TPSA) is 17.8 Å². The Hall–Kier alpha value is -0.800. The lowest BCUT2D eigenvalue weighted by molar-refractivity contribution is 0.963. The van der Waals surface area contributed by atoms with E-state index in [4.69, 9.17) is 11.6 Å². The molecule has 0 amide bonds. The molecule has 4 heteroatoms. The SMILES string of the molecule is Cc1nccn1-c1c(Cl)cccc1CBr. The predicted octanol–water partition coefficient (Wildman–Crippen LogP) is 3.73. The Labute approximate surface area is 102 Å². The van der Waals surface area contributed by atoms with Crippen LogP contribution in [0.3, 0.4) is 0 Å². The number of hydrogen-bond acceptors (Lipinski definition) is 1. The van der Waals surface area contributed by atoms with E-state index in [0.717, 1.165) is 27.4 Å². The summed E-state index contributed by atoms with van der Waals surface area (Å²) in [6, 6.07) is 5.90. The van der Waals surface area contributed by atoms with Gasteiger partial charge in [0.05, 0.1) is 10.7 Å². The van der Waals surface area contributed by atoms with Crippen molar-refractivity contribution in [3.63, 3.8) is 0 Å². The number of alkyl halides is 1. The second-order valence-electron chi connectivity index (χ2n) is 3.23. The van der Waals surface area contributed by atoms with Crippen LogP contribution in [0.25, 0.3) is 5.69 Å². The second kappa shape index (κ2) is 4.37. The normalized spacial score (nSPS) is 10.6. The molecule has 1 heterocycles.